The van der Waals surface area contributed by atoms with Crippen molar-refractivity contribution in [3.05, 3.63) is 29.2 Å². The van der Waals surface area contributed by atoms with Crippen LogP contribution in [0.25, 0.3) is 10.7 Å². The van der Waals surface area contributed by atoms with Crippen LogP contribution in [0.15, 0.2) is 23.9 Å². The van der Waals surface area contributed by atoms with Crippen molar-refractivity contribution in [3.63, 3.8) is 0 Å². The Balaban J connectivity index is 1.82. The summed E-state index contributed by atoms with van der Waals surface area (Å²) in [5.74, 6) is 1.04. The molecule has 1 atom stereocenters. The van der Waals surface area contributed by atoms with E-state index >= 15 is 0 Å². The number of nitrogens with zero attached hydrogens (tertiary/aromatic N) is 3. The summed E-state index contributed by atoms with van der Waals surface area (Å²) in [6.45, 7) is 11.3. The second-order valence-electron chi connectivity index (χ2n) is 8.27. The first kappa shape index (κ1) is 21.6. The van der Waals surface area contributed by atoms with Crippen molar-refractivity contribution >= 4 is 35.0 Å². The molecule has 2 aromatic heterocycles. The molecule has 29 heavy (non-hydrogen) atoms. The monoisotopic (exact) mass is 433 g/mol. The van der Waals surface area contributed by atoms with Gasteiger partial charge in [0.05, 0.1) is 10.6 Å². The predicted octanol–water partition coefficient (Wildman–Crippen LogP) is 3.63. The number of carbonyl (C=O) groups excluding carboxylic acids is 2. The molecule has 0 spiro atoms. The van der Waals surface area contributed by atoms with E-state index in [-0.39, 0.29) is 5.75 Å². The molecule has 3 rings (SSSR count). The maximum Gasteiger partial charge on any atom is 0.318 e. The van der Waals surface area contributed by atoms with Crippen LogP contribution in [-0.4, -0.2) is 32.5 Å². The number of thiophene rings is 1. The van der Waals surface area contributed by atoms with E-state index in [1.807, 2.05) is 4.57 Å². The number of rotatable bonds is 6. The topological polar surface area (TPSA) is 103 Å². The number of hydrogen-bond acceptors (Lipinski definition) is 6. The van der Waals surface area contributed by atoms with Crippen molar-refractivity contribution in [2.45, 2.75) is 51.7 Å². The zero-order valence-corrected chi connectivity index (χ0v) is 18.7. The fourth-order valence-corrected chi connectivity index (χ4v) is 5.50. The maximum absolute atomic E-state index is 11.7. The lowest BCUT2D eigenvalue weighted by Gasteiger charge is -2.33. The lowest BCUT2D eigenvalue weighted by molar-refractivity contribution is -0.117. The van der Waals surface area contributed by atoms with E-state index < -0.39 is 11.9 Å². The molecular formula is C20H27N5O2S2. The van der Waals surface area contributed by atoms with Crippen LogP contribution in [0.3, 0.4) is 0 Å². The van der Waals surface area contributed by atoms with E-state index in [0.29, 0.717) is 23.0 Å². The molecule has 1 unspecified atom stereocenters. The molecule has 0 saturated heterocycles. The molecule has 156 valence electrons. The minimum absolute atomic E-state index is 0.0341. The number of aromatic nitrogens is 3. The largest absolute Gasteiger partial charge is 0.351 e. The van der Waals surface area contributed by atoms with Gasteiger partial charge in [0.1, 0.15) is 0 Å². The summed E-state index contributed by atoms with van der Waals surface area (Å²) in [4.78, 5) is 25.0. The highest BCUT2D eigenvalue weighted by Gasteiger charge is 2.30. The number of imide groups is 1. The third-order valence-electron chi connectivity index (χ3n) is 5.15. The Bertz CT molecular complexity index is 926. The zero-order chi connectivity index (χ0) is 21.2. The van der Waals surface area contributed by atoms with E-state index in [0.717, 1.165) is 23.5 Å². The first-order valence-corrected chi connectivity index (χ1v) is 11.4. The van der Waals surface area contributed by atoms with Gasteiger partial charge in [0.25, 0.3) is 0 Å². The smallest absolute Gasteiger partial charge is 0.318 e. The molecule has 0 aromatic carbocycles. The average molecular weight is 434 g/mol. The van der Waals surface area contributed by atoms with Crippen molar-refractivity contribution in [3.8, 4) is 10.7 Å². The van der Waals surface area contributed by atoms with Crippen LogP contribution in [0, 0.1) is 11.3 Å². The molecule has 0 aliphatic heterocycles. The van der Waals surface area contributed by atoms with Crippen LogP contribution in [-0.2, 0) is 24.2 Å². The molecule has 7 nitrogen and oxygen atoms in total. The van der Waals surface area contributed by atoms with Gasteiger partial charge in [-0.2, -0.15) is 0 Å². The van der Waals surface area contributed by atoms with Gasteiger partial charge in [-0.1, -0.05) is 38.6 Å². The fraction of sp³-hybridized carbons (Fsp3) is 0.500. The highest BCUT2D eigenvalue weighted by Crippen LogP contribution is 2.42. The highest BCUT2D eigenvalue weighted by molar-refractivity contribution is 7.99. The van der Waals surface area contributed by atoms with Crippen molar-refractivity contribution in [2.75, 3.05) is 5.75 Å². The molecule has 0 fully saturated rings. The van der Waals surface area contributed by atoms with Crippen LogP contribution < -0.4 is 11.1 Å². The first-order chi connectivity index (χ1) is 13.7. The van der Waals surface area contributed by atoms with E-state index in [9.17, 15) is 9.59 Å². The number of urea groups is 1. The molecule has 3 N–H and O–H groups in total. The Hall–Kier alpha value is -2.13. The second kappa shape index (κ2) is 8.71. The third-order valence-corrected chi connectivity index (χ3v) is 7.35. The zero-order valence-electron chi connectivity index (χ0n) is 17.0. The minimum Gasteiger partial charge on any atom is -0.351 e. The summed E-state index contributed by atoms with van der Waals surface area (Å²) >= 11 is 3.00. The van der Waals surface area contributed by atoms with Gasteiger partial charge < -0.3 is 5.73 Å². The van der Waals surface area contributed by atoms with Crippen LogP contribution in [0.1, 0.15) is 37.6 Å². The molecule has 1 aliphatic rings. The number of allylic oxidation sites excluding steroid dienone is 1. The quantitative estimate of drug-likeness (QED) is 0.535. The molecule has 1 aliphatic carbocycles. The Morgan fingerprint density at radius 2 is 2.21 bits per heavy atom. The standard InChI is InChI=1S/C20H27N5O2S2/c1-5-8-25-17(23-24-19(25)28-11-16(26)22-18(21)27)15-10-12-9-13(20(2,3)4)6-7-14(12)29-15/h5,10,13H,1,6-9,11H2,2-4H3,(H3,21,22,26,27). The SMILES string of the molecule is C=CCn1c(SCC(=O)NC(N)=O)nnc1-c1cc2c(s1)CCC(C(C)(C)C)C2. The average Bonchev–Trinajstić information content (AvgIpc) is 3.21. The summed E-state index contributed by atoms with van der Waals surface area (Å²) < 4.78 is 1.95. The van der Waals surface area contributed by atoms with Gasteiger partial charge in [0.2, 0.25) is 5.91 Å². The summed E-state index contributed by atoms with van der Waals surface area (Å²) in [6.07, 6.45) is 5.20. The summed E-state index contributed by atoms with van der Waals surface area (Å²) in [5, 5.41) is 11.3. The van der Waals surface area contributed by atoms with Gasteiger partial charge in [-0.25, -0.2) is 4.79 Å². The maximum atomic E-state index is 11.7. The number of carbonyl (C=O) groups is 2. The van der Waals surface area contributed by atoms with Gasteiger partial charge in [0, 0.05) is 11.4 Å². The van der Waals surface area contributed by atoms with E-state index in [2.05, 4.69) is 48.9 Å². The number of nitrogens with two attached hydrogens (primary N) is 1. The summed E-state index contributed by atoms with van der Waals surface area (Å²) in [7, 11) is 0. The van der Waals surface area contributed by atoms with E-state index in [4.69, 9.17) is 5.73 Å². The van der Waals surface area contributed by atoms with Crippen LogP contribution in [0.4, 0.5) is 4.79 Å². The Morgan fingerprint density at radius 3 is 2.86 bits per heavy atom. The predicted molar refractivity (Wildman–Crippen MR) is 117 cm³/mol. The van der Waals surface area contributed by atoms with Crippen molar-refractivity contribution in [1.82, 2.24) is 20.1 Å². The second-order valence-corrected chi connectivity index (χ2v) is 10.4. The summed E-state index contributed by atoms with van der Waals surface area (Å²) in [5.41, 5.74) is 6.70. The third kappa shape index (κ3) is 5.08. The number of hydrogen-bond donors (Lipinski definition) is 2. The van der Waals surface area contributed by atoms with Gasteiger partial charge >= 0.3 is 6.03 Å². The van der Waals surface area contributed by atoms with Gasteiger partial charge in [-0.15, -0.1) is 28.1 Å². The van der Waals surface area contributed by atoms with Gasteiger partial charge in [-0.3, -0.25) is 14.7 Å². The minimum atomic E-state index is -0.860. The van der Waals surface area contributed by atoms with Crippen molar-refractivity contribution in [2.24, 2.45) is 17.1 Å². The van der Waals surface area contributed by atoms with Gasteiger partial charge in [0.15, 0.2) is 11.0 Å². The summed E-state index contributed by atoms with van der Waals surface area (Å²) in [6, 6.07) is 1.39. The molecule has 0 radical (unpaired) electrons. The molecule has 3 amide bonds. The molecule has 9 heteroatoms. The molecule has 2 heterocycles. The number of aryl methyl sites for hydroxylation is 1. The van der Waals surface area contributed by atoms with Gasteiger partial charge in [-0.05, 0) is 42.2 Å². The molecular weight excluding hydrogens is 406 g/mol. The number of nitrogens with one attached hydrogen (secondary N) is 1. The molecule has 0 saturated carbocycles. The Morgan fingerprint density at radius 1 is 1.45 bits per heavy atom. The van der Waals surface area contributed by atoms with Crippen LogP contribution >= 0.6 is 23.1 Å². The molecule has 0 bridgehead atoms. The van der Waals surface area contributed by atoms with Crippen molar-refractivity contribution < 1.29 is 9.59 Å². The first-order valence-electron chi connectivity index (χ1n) is 9.57. The lowest BCUT2D eigenvalue weighted by Crippen LogP contribution is -2.36. The Labute approximate surface area is 179 Å². The highest BCUT2D eigenvalue weighted by atomic mass is 32.2. The molecule has 2 aromatic rings. The Kier molecular flexibility index (Phi) is 6.48. The van der Waals surface area contributed by atoms with Crippen molar-refractivity contribution in [1.29, 1.82) is 0 Å². The van der Waals surface area contributed by atoms with E-state index in [1.54, 1.807) is 17.4 Å². The number of amides is 3. The van der Waals surface area contributed by atoms with E-state index in [1.165, 1.54) is 28.6 Å². The van der Waals surface area contributed by atoms with Crippen LogP contribution in [0.2, 0.25) is 0 Å². The number of thioether (sulfide) groups is 1. The normalized spacial score (nSPS) is 16.3. The number of fused-ring (bicyclic) bond motifs is 1. The number of primary amides is 1. The lowest BCUT2D eigenvalue weighted by atomic mass is 9.72. The van der Waals surface area contributed by atoms with Crippen LogP contribution in [0.5, 0.6) is 0 Å². The fourth-order valence-electron chi connectivity index (χ4n) is 3.55.